The SMILES string of the molecule is CC(NC(=O)CN(C)CC(=O)NC1CC1)c1ccc(F)cc1. The van der Waals surface area contributed by atoms with Crippen molar-refractivity contribution in [3.63, 3.8) is 0 Å². The molecule has 1 aromatic rings. The van der Waals surface area contributed by atoms with E-state index >= 15 is 0 Å². The lowest BCUT2D eigenvalue weighted by molar-refractivity contribution is -0.125. The summed E-state index contributed by atoms with van der Waals surface area (Å²) in [4.78, 5) is 25.3. The molecule has 2 amide bonds. The molecule has 0 heterocycles. The molecule has 0 spiro atoms. The van der Waals surface area contributed by atoms with Crippen molar-refractivity contribution < 1.29 is 14.0 Å². The summed E-state index contributed by atoms with van der Waals surface area (Å²) in [6.45, 7) is 2.18. The van der Waals surface area contributed by atoms with Gasteiger partial charge in [-0.25, -0.2) is 4.39 Å². The Morgan fingerprint density at radius 3 is 2.41 bits per heavy atom. The van der Waals surface area contributed by atoms with Gasteiger partial charge >= 0.3 is 0 Å². The lowest BCUT2D eigenvalue weighted by Crippen LogP contribution is -2.41. The fourth-order valence-corrected chi connectivity index (χ4v) is 2.17. The van der Waals surface area contributed by atoms with E-state index in [-0.39, 0.29) is 36.8 Å². The van der Waals surface area contributed by atoms with E-state index in [1.54, 1.807) is 24.1 Å². The Bertz CT molecular complexity index is 529. The molecule has 6 heteroatoms. The molecule has 0 saturated heterocycles. The molecule has 2 N–H and O–H groups in total. The van der Waals surface area contributed by atoms with Gasteiger partial charge in [0.15, 0.2) is 0 Å². The number of amides is 2. The first-order valence-electron chi connectivity index (χ1n) is 7.47. The van der Waals surface area contributed by atoms with Crippen molar-refractivity contribution in [1.82, 2.24) is 15.5 Å². The highest BCUT2D eigenvalue weighted by molar-refractivity contribution is 5.81. The number of likely N-dealkylation sites (N-methyl/N-ethyl adjacent to an activating group) is 1. The molecule has 0 aliphatic heterocycles. The van der Waals surface area contributed by atoms with Gasteiger partial charge in [0.05, 0.1) is 19.1 Å². The van der Waals surface area contributed by atoms with Crippen LogP contribution < -0.4 is 10.6 Å². The third-order valence-electron chi connectivity index (χ3n) is 3.52. The Morgan fingerprint density at radius 2 is 1.82 bits per heavy atom. The lowest BCUT2D eigenvalue weighted by atomic mass is 10.1. The molecule has 1 aromatic carbocycles. The van der Waals surface area contributed by atoms with Crippen molar-refractivity contribution in [3.8, 4) is 0 Å². The van der Waals surface area contributed by atoms with Gasteiger partial charge in [0, 0.05) is 6.04 Å². The van der Waals surface area contributed by atoms with Crippen LogP contribution in [-0.2, 0) is 9.59 Å². The van der Waals surface area contributed by atoms with Crippen molar-refractivity contribution in [3.05, 3.63) is 35.6 Å². The van der Waals surface area contributed by atoms with Crippen molar-refractivity contribution in [1.29, 1.82) is 0 Å². The quantitative estimate of drug-likeness (QED) is 0.796. The first kappa shape index (κ1) is 16.4. The number of benzene rings is 1. The van der Waals surface area contributed by atoms with Crippen LogP contribution >= 0.6 is 0 Å². The van der Waals surface area contributed by atoms with E-state index in [1.165, 1.54) is 12.1 Å². The summed E-state index contributed by atoms with van der Waals surface area (Å²) in [7, 11) is 1.73. The highest BCUT2D eigenvalue weighted by Gasteiger charge is 2.23. The maximum absolute atomic E-state index is 12.9. The van der Waals surface area contributed by atoms with Crippen LogP contribution in [0.25, 0.3) is 0 Å². The Labute approximate surface area is 129 Å². The van der Waals surface area contributed by atoms with E-state index in [2.05, 4.69) is 10.6 Å². The normalized spacial score (nSPS) is 15.5. The summed E-state index contributed by atoms with van der Waals surface area (Å²) in [5, 5.41) is 5.72. The van der Waals surface area contributed by atoms with Crippen molar-refractivity contribution in [2.75, 3.05) is 20.1 Å². The average Bonchev–Trinajstić information content (AvgIpc) is 3.22. The Balaban J connectivity index is 1.73. The van der Waals surface area contributed by atoms with E-state index in [4.69, 9.17) is 0 Å². The Morgan fingerprint density at radius 1 is 1.23 bits per heavy atom. The minimum Gasteiger partial charge on any atom is -0.352 e. The van der Waals surface area contributed by atoms with E-state index in [1.807, 2.05) is 6.92 Å². The summed E-state index contributed by atoms with van der Waals surface area (Å²) in [5.74, 6) is -0.522. The maximum Gasteiger partial charge on any atom is 0.234 e. The van der Waals surface area contributed by atoms with Gasteiger partial charge in [0.2, 0.25) is 11.8 Å². The van der Waals surface area contributed by atoms with Crippen molar-refractivity contribution >= 4 is 11.8 Å². The molecule has 120 valence electrons. The molecule has 0 radical (unpaired) electrons. The van der Waals surface area contributed by atoms with E-state index in [9.17, 15) is 14.0 Å². The van der Waals surface area contributed by atoms with Crippen LogP contribution in [0, 0.1) is 5.82 Å². The number of rotatable bonds is 7. The Hall–Kier alpha value is -1.95. The fourth-order valence-electron chi connectivity index (χ4n) is 2.17. The van der Waals surface area contributed by atoms with Crippen molar-refractivity contribution in [2.24, 2.45) is 0 Å². The molecule has 2 rings (SSSR count). The van der Waals surface area contributed by atoms with Crippen LogP contribution in [0.2, 0.25) is 0 Å². The van der Waals surface area contributed by atoms with Gasteiger partial charge in [-0.3, -0.25) is 14.5 Å². The highest BCUT2D eigenvalue weighted by Crippen LogP contribution is 2.18. The minimum absolute atomic E-state index is 0.0515. The predicted molar refractivity (Wildman–Crippen MR) is 81.6 cm³/mol. The van der Waals surface area contributed by atoms with E-state index < -0.39 is 0 Å². The van der Waals surface area contributed by atoms with Gasteiger partial charge in [0.25, 0.3) is 0 Å². The molecular weight excluding hydrogens is 285 g/mol. The predicted octanol–water partition coefficient (Wildman–Crippen LogP) is 1.21. The average molecular weight is 307 g/mol. The fraction of sp³-hybridized carbons (Fsp3) is 0.500. The number of halogens is 1. The van der Waals surface area contributed by atoms with E-state index in [0.29, 0.717) is 6.04 Å². The molecule has 1 unspecified atom stereocenters. The smallest absolute Gasteiger partial charge is 0.234 e. The summed E-state index contributed by atoms with van der Waals surface area (Å²) >= 11 is 0. The number of carbonyl (C=O) groups is 2. The maximum atomic E-state index is 12.9. The van der Waals surface area contributed by atoms with Gasteiger partial charge in [-0.15, -0.1) is 0 Å². The molecule has 5 nitrogen and oxygen atoms in total. The molecule has 0 aromatic heterocycles. The second-order valence-electron chi connectivity index (χ2n) is 5.85. The number of nitrogens with zero attached hydrogens (tertiary/aromatic N) is 1. The largest absolute Gasteiger partial charge is 0.352 e. The summed E-state index contributed by atoms with van der Waals surface area (Å²) < 4.78 is 12.9. The van der Waals surface area contributed by atoms with Gasteiger partial charge < -0.3 is 10.6 Å². The standard InChI is InChI=1S/C16H22FN3O2/c1-11(12-3-5-13(17)6-4-12)18-15(21)9-20(2)10-16(22)19-14-7-8-14/h3-6,11,14H,7-10H2,1-2H3,(H,18,21)(H,19,22). The lowest BCUT2D eigenvalue weighted by Gasteiger charge is -2.19. The number of nitrogens with one attached hydrogen (secondary N) is 2. The molecular formula is C16H22FN3O2. The second-order valence-corrected chi connectivity index (χ2v) is 5.85. The third-order valence-corrected chi connectivity index (χ3v) is 3.52. The molecule has 22 heavy (non-hydrogen) atoms. The number of hydrogen-bond acceptors (Lipinski definition) is 3. The van der Waals surface area contributed by atoms with Gasteiger partial charge in [-0.1, -0.05) is 12.1 Å². The van der Waals surface area contributed by atoms with Crippen LogP contribution in [0.1, 0.15) is 31.4 Å². The topological polar surface area (TPSA) is 61.4 Å². The monoisotopic (exact) mass is 307 g/mol. The van der Waals surface area contributed by atoms with Gasteiger partial charge in [-0.2, -0.15) is 0 Å². The van der Waals surface area contributed by atoms with Crippen LogP contribution in [-0.4, -0.2) is 42.9 Å². The summed E-state index contributed by atoms with van der Waals surface area (Å²) in [5.41, 5.74) is 0.837. The van der Waals surface area contributed by atoms with Crippen molar-refractivity contribution in [2.45, 2.75) is 31.8 Å². The zero-order valence-electron chi connectivity index (χ0n) is 12.9. The zero-order valence-corrected chi connectivity index (χ0v) is 12.9. The third kappa shape index (κ3) is 5.44. The minimum atomic E-state index is -0.302. The molecule has 1 aliphatic carbocycles. The number of hydrogen-bond donors (Lipinski definition) is 2. The van der Waals surface area contributed by atoms with Crippen LogP contribution in [0.15, 0.2) is 24.3 Å². The molecule has 1 aliphatic rings. The first-order chi connectivity index (χ1) is 10.4. The molecule has 1 fully saturated rings. The van der Waals surface area contributed by atoms with Crippen LogP contribution in [0.5, 0.6) is 0 Å². The summed E-state index contributed by atoms with van der Waals surface area (Å²) in [6.07, 6.45) is 2.09. The molecule has 1 saturated carbocycles. The van der Waals surface area contributed by atoms with Gasteiger partial charge in [-0.05, 0) is 44.5 Å². The van der Waals surface area contributed by atoms with Gasteiger partial charge in [0.1, 0.15) is 5.82 Å². The van der Waals surface area contributed by atoms with Crippen LogP contribution in [0.3, 0.4) is 0 Å². The zero-order chi connectivity index (χ0) is 16.1. The summed E-state index contributed by atoms with van der Waals surface area (Å²) in [6, 6.07) is 6.15. The Kier molecular flexibility index (Phi) is 5.49. The first-order valence-corrected chi connectivity index (χ1v) is 7.47. The van der Waals surface area contributed by atoms with Crippen LogP contribution in [0.4, 0.5) is 4.39 Å². The van der Waals surface area contributed by atoms with E-state index in [0.717, 1.165) is 18.4 Å². The highest BCUT2D eigenvalue weighted by atomic mass is 19.1. The number of carbonyl (C=O) groups excluding carboxylic acids is 2. The molecule has 1 atom stereocenters. The molecule has 0 bridgehead atoms. The second kappa shape index (κ2) is 7.35.